The molecule has 0 bridgehead atoms. The van der Waals surface area contributed by atoms with Crippen LogP contribution in [0.5, 0.6) is 0 Å². The average Bonchev–Trinajstić information content (AvgIpc) is 3.42. The normalized spacial score (nSPS) is 14.3. The van der Waals surface area contributed by atoms with E-state index in [9.17, 15) is 0 Å². The third kappa shape index (κ3) is 3.82. The Bertz CT molecular complexity index is 1040. The number of anilines is 1. The van der Waals surface area contributed by atoms with E-state index in [0.717, 1.165) is 42.4 Å². The predicted octanol–water partition coefficient (Wildman–Crippen LogP) is 4.37. The van der Waals surface area contributed by atoms with Crippen LogP contribution in [0.25, 0.3) is 22.5 Å². The number of halogens is 1. The van der Waals surface area contributed by atoms with Gasteiger partial charge in [-0.2, -0.15) is 14.9 Å². The Morgan fingerprint density at radius 3 is 2.93 bits per heavy atom. The number of rotatable bonds is 8. The van der Waals surface area contributed by atoms with Crippen LogP contribution in [0.15, 0.2) is 42.0 Å². The van der Waals surface area contributed by atoms with Crippen molar-refractivity contribution in [3.05, 3.63) is 47.5 Å². The van der Waals surface area contributed by atoms with Crippen molar-refractivity contribution in [1.82, 2.24) is 25.1 Å². The summed E-state index contributed by atoms with van der Waals surface area (Å²) in [4.78, 5) is 8.94. The van der Waals surface area contributed by atoms with Crippen molar-refractivity contribution in [1.29, 1.82) is 5.53 Å². The Kier molecular flexibility index (Phi) is 5.21. The molecule has 1 aliphatic rings. The summed E-state index contributed by atoms with van der Waals surface area (Å²) < 4.78 is 1.68. The van der Waals surface area contributed by atoms with E-state index in [1.165, 1.54) is 0 Å². The molecule has 3 aromatic rings. The third-order valence-corrected chi connectivity index (χ3v) is 4.65. The molecular weight excluding hydrogens is 376 g/mol. The zero-order valence-corrected chi connectivity index (χ0v) is 16.2. The monoisotopic (exact) mass is 396 g/mol. The van der Waals surface area contributed by atoms with E-state index in [4.69, 9.17) is 17.1 Å². The zero-order valence-electron chi connectivity index (χ0n) is 15.5. The van der Waals surface area contributed by atoms with Crippen LogP contribution in [0, 0.1) is 5.53 Å². The van der Waals surface area contributed by atoms with Crippen molar-refractivity contribution in [2.24, 2.45) is 5.11 Å². The van der Waals surface area contributed by atoms with Crippen LogP contribution in [-0.4, -0.2) is 32.3 Å². The first-order valence-corrected chi connectivity index (χ1v) is 9.65. The van der Waals surface area contributed by atoms with Gasteiger partial charge in [-0.05, 0) is 25.3 Å². The van der Waals surface area contributed by atoms with Gasteiger partial charge in [-0.1, -0.05) is 18.5 Å². The van der Waals surface area contributed by atoms with E-state index in [1.807, 2.05) is 12.1 Å². The molecule has 0 radical (unpaired) electrons. The number of aromatic nitrogens is 4. The average molecular weight is 397 g/mol. The highest BCUT2D eigenvalue weighted by atomic mass is 35.5. The van der Waals surface area contributed by atoms with Crippen molar-refractivity contribution in [2.75, 3.05) is 11.9 Å². The Hall–Kier alpha value is -3.00. The summed E-state index contributed by atoms with van der Waals surface area (Å²) in [5.41, 5.74) is 10.5. The van der Waals surface area contributed by atoms with Crippen LogP contribution < -0.4 is 10.6 Å². The lowest BCUT2D eigenvalue weighted by Gasteiger charge is -2.13. The van der Waals surface area contributed by atoms with Gasteiger partial charge in [0.2, 0.25) is 0 Å². The van der Waals surface area contributed by atoms with E-state index in [0.29, 0.717) is 28.2 Å². The molecular formula is C19H21ClN8. The second-order valence-electron chi connectivity index (χ2n) is 6.72. The van der Waals surface area contributed by atoms with E-state index < -0.39 is 0 Å². The highest BCUT2D eigenvalue weighted by Crippen LogP contribution is 2.31. The lowest BCUT2D eigenvalue weighted by Crippen LogP contribution is -2.10. The van der Waals surface area contributed by atoms with Crippen LogP contribution in [0.3, 0.4) is 0 Å². The fourth-order valence-corrected chi connectivity index (χ4v) is 3.04. The van der Waals surface area contributed by atoms with E-state index in [-0.39, 0.29) is 0 Å². The zero-order chi connectivity index (χ0) is 19.5. The molecule has 1 fully saturated rings. The molecule has 4 rings (SSSR count). The van der Waals surface area contributed by atoms with Gasteiger partial charge in [0.25, 0.3) is 0 Å². The van der Waals surface area contributed by atoms with Gasteiger partial charge in [-0.3, -0.25) is 0 Å². The number of fused-ring (bicyclic) bond motifs is 1. The molecule has 144 valence electrons. The molecule has 3 heterocycles. The van der Waals surface area contributed by atoms with Gasteiger partial charge in [0.15, 0.2) is 11.5 Å². The summed E-state index contributed by atoms with van der Waals surface area (Å²) in [7, 11) is 0. The number of nitrogens with zero attached hydrogens (tertiary/aromatic N) is 5. The van der Waals surface area contributed by atoms with Gasteiger partial charge in [0.05, 0.1) is 11.2 Å². The quantitative estimate of drug-likeness (QED) is 0.387. The maximum absolute atomic E-state index is 7.57. The Balaban J connectivity index is 1.75. The van der Waals surface area contributed by atoms with Gasteiger partial charge in [0, 0.05) is 53.9 Å². The molecule has 8 nitrogen and oxygen atoms in total. The smallest absolute Gasteiger partial charge is 0.164 e. The topological polar surface area (TPSA) is 104 Å². The van der Waals surface area contributed by atoms with Crippen LogP contribution in [0.1, 0.15) is 31.7 Å². The third-order valence-electron chi connectivity index (χ3n) is 4.45. The summed E-state index contributed by atoms with van der Waals surface area (Å²) in [6, 6.07) is 4.19. The van der Waals surface area contributed by atoms with Crippen LogP contribution >= 0.6 is 11.6 Å². The molecule has 1 aliphatic carbocycles. The summed E-state index contributed by atoms with van der Waals surface area (Å²) >= 11 is 6.02. The SMILES string of the molecule is CCCN/C=C(\N=N)c1cnc(-n2ncc3cc(Cl)cnc32)cc1NC1CC1. The highest BCUT2D eigenvalue weighted by molar-refractivity contribution is 6.31. The minimum atomic E-state index is 0.441. The van der Waals surface area contributed by atoms with E-state index >= 15 is 0 Å². The van der Waals surface area contributed by atoms with Gasteiger partial charge >= 0.3 is 0 Å². The summed E-state index contributed by atoms with van der Waals surface area (Å²) in [6.45, 7) is 2.91. The first kappa shape index (κ1) is 18.4. The molecule has 0 spiro atoms. The Morgan fingerprint density at radius 1 is 1.32 bits per heavy atom. The largest absolute Gasteiger partial charge is 0.389 e. The molecule has 0 aromatic carbocycles. The fraction of sp³-hybridized carbons (Fsp3) is 0.316. The van der Waals surface area contributed by atoms with Crippen molar-refractivity contribution in [2.45, 2.75) is 32.2 Å². The maximum Gasteiger partial charge on any atom is 0.164 e. The second-order valence-corrected chi connectivity index (χ2v) is 7.16. The minimum absolute atomic E-state index is 0.441. The predicted molar refractivity (Wildman–Crippen MR) is 110 cm³/mol. The molecule has 28 heavy (non-hydrogen) atoms. The number of hydrogen-bond acceptors (Lipinski definition) is 7. The molecule has 0 unspecified atom stereocenters. The molecule has 3 aromatic heterocycles. The van der Waals surface area contributed by atoms with Crippen molar-refractivity contribution >= 4 is 34.0 Å². The molecule has 0 saturated heterocycles. The lowest BCUT2D eigenvalue weighted by atomic mass is 10.1. The van der Waals surface area contributed by atoms with Crippen molar-refractivity contribution in [3.63, 3.8) is 0 Å². The molecule has 1 saturated carbocycles. The Labute approximate surface area is 167 Å². The molecule has 0 amide bonds. The summed E-state index contributed by atoms with van der Waals surface area (Å²) in [5.74, 6) is 0.641. The summed E-state index contributed by atoms with van der Waals surface area (Å²) in [5, 5.41) is 16.2. The summed E-state index contributed by atoms with van der Waals surface area (Å²) in [6.07, 6.45) is 10.1. The molecule has 0 aliphatic heterocycles. The lowest BCUT2D eigenvalue weighted by molar-refractivity contribution is 0.808. The number of pyridine rings is 2. The number of nitrogens with one attached hydrogen (secondary N) is 3. The van der Waals surface area contributed by atoms with Gasteiger partial charge in [-0.15, -0.1) is 0 Å². The second kappa shape index (κ2) is 7.93. The van der Waals surface area contributed by atoms with Gasteiger partial charge < -0.3 is 10.6 Å². The molecule has 3 N–H and O–H groups in total. The minimum Gasteiger partial charge on any atom is -0.389 e. The molecule has 9 heteroatoms. The fourth-order valence-electron chi connectivity index (χ4n) is 2.88. The van der Waals surface area contributed by atoms with Crippen molar-refractivity contribution < 1.29 is 0 Å². The van der Waals surface area contributed by atoms with Crippen LogP contribution in [0.2, 0.25) is 5.02 Å². The first-order chi connectivity index (χ1) is 13.7. The standard InChI is InChI=1S/C19H21ClN8/c1-2-5-22-11-17(27-21)15-10-23-18(7-16(15)26-14-3-4-14)28-19-12(8-25-28)6-13(20)9-24-19/h6-11,14,21-22H,2-5H2,1H3,(H,23,26)/b17-11-,27-21?. The van der Waals surface area contributed by atoms with Crippen LogP contribution in [0.4, 0.5) is 5.69 Å². The first-order valence-electron chi connectivity index (χ1n) is 9.27. The van der Waals surface area contributed by atoms with Gasteiger partial charge in [-0.25, -0.2) is 15.5 Å². The Morgan fingerprint density at radius 2 is 2.18 bits per heavy atom. The molecule has 0 atom stereocenters. The van der Waals surface area contributed by atoms with Crippen molar-refractivity contribution in [3.8, 4) is 5.82 Å². The van der Waals surface area contributed by atoms with E-state index in [2.05, 4.69) is 37.7 Å². The highest BCUT2D eigenvalue weighted by Gasteiger charge is 2.23. The van der Waals surface area contributed by atoms with Crippen LogP contribution in [-0.2, 0) is 0 Å². The van der Waals surface area contributed by atoms with E-state index in [1.54, 1.807) is 29.5 Å². The maximum atomic E-state index is 7.57. The van der Waals surface area contributed by atoms with Gasteiger partial charge in [0.1, 0.15) is 5.70 Å². The number of hydrogen-bond donors (Lipinski definition) is 3.